The van der Waals surface area contributed by atoms with Crippen LogP contribution >= 0.6 is 11.6 Å². The predicted octanol–water partition coefficient (Wildman–Crippen LogP) is 6.20. The Balaban J connectivity index is 1.54. The molecule has 43 heavy (non-hydrogen) atoms. The molecule has 9 nitrogen and oxygen atoms in total. The van der Waals surface area contributed by atoms with Crippen molar-refractivity contribution in [2.75, 3.05) is 51.8 Å². The van der Waals surface area contributed by atoms with Gasteiger partial charge >= 0.3 is 18.3 Å². The lowest BCUT2D eigenvalue weighted by Crippen LogP contribution is -2.50. The summed E-state index contributed by atoms with van der Waals surface area (Å²) < 4.78 is 53.5. The molecular formula is C30H36ClF3N6O3. The van der Waals surface area contributed by atoms with Gasteiger partial charge in [-0.15, -0.1) is 0 Å². The van der Waals surface area contributed by atoms with Crippen molar-refractivity contribution in [1.82, 2.24) is 24.8 Å². The van der Waals surface area contributed by atoms with Crippen LogP contribution in [0.25, 0.3) is 22.2 Å². The number of hydrogen-bond acceptors (Lipinski definition) is 8. The molecular weight excluding hydrogens is 585 g/mol. The Bertz CT molecular complexity index is 1530. The third-order valence-corrected chi connectivity index (χ3v) is 8.13. The Labute approximate surface area is 253 Å². The summed E-state index contributed by atoms with van der Waals surface area (Å²) in [6.07, 6.45) is -3.06. The van der Waals surface area contributed by atoms with E-state index in [1.54, 1.807) is 17.9 Å². The maximum Gasteiger partial charge on any atom is 0.418 e. The molecule has 232 valence electrons. The number of fused-ring (bicyclic) bond motifs is 1. The Morgan fingerprint density at radius 3 is 2.30 bits per heavy atom. The number of alkyl halides is 3. The molecule has 3 aromatic rings. The molecule has 1 amide bonds. The molecule has 2 aromatic heterocycles. The van der Waals surface area contributed by atoms with Crippen LogP contribution < -0.4 is 9.64 Å². The fourth-order valence-electron chi connectivity index (χ4n) is 5.08. The molecule has 1 aliphatic carbocycles. The molecule has 0 N–H and O–H groups in total. The van der Waals surface area contributed by atoms with Crippen molar-refractivity contribution in [3.63, 3.8) is 0 Å². The predicted molar refractivity (Wildman–Crippen MR) is 159 cm³/mol. The summed E-state index contributed by atoms with van der Waals surface area (Å²) in [6, 6.07) is 5.55. The quantitative estimate of drug-likeness (QED) is 0.322. The smallest absolute Gasteiger partial charge is 0.418 e. The first-order chi connectivity index (χ1) is 20.1. The highest BCUT2D eigenvalue weighted by Crippen LogP contribution is 2.42. The molecule has 0 radical (unpaired) electrons. The van der Waals surface area contributed by atoms with E-state index in [9.17, 15) is 18.0 Å². The van der Waals surface area contributed by atoms with Crippen LogP contribution in [0.15, 0.2) is 24.3 Å². The van der Waals surface area contributed by atoms with E-state index in [4.69, 9.17) is 26.1 Å². The Hall–Kier alpha value is -3.38. The summed E-state index contributed by atoms with van der Waals surface area (Å²) in [5, 5.41) is 0.647. The number of benzene rings is 1. The highest BCUT2D eigenvalue weighted by molar-refractivity contribution is 6.34. The van der Waals surface area contributed by atoms with Gasteiger partial charge in [0.2, 0.25) is 0 Å². The van der Waals surface area contributed by atoms with Crippen LogP contribution in [-0.4, -0.2) is 88.9 Å². The molecule has 1 saturated carbocycles. The van der Waals surface area contributed by atoms with E-state index in [-0.39, 0.29) is 33.9 Å². The van der Waals surface area contributed by atoms with Crippen molar-refractivity contribution in [1.29, 1.82) is 0 Å². The molecule has 1 saturated heterocycles. The maximum absolute atomic E-state index is 14.0. The molecule has 13 heteroatoms. The second kappa shape index (κ2) is 11.3. The molecule has 0 atom stereocenters. The summed E-state index contributed by atoms with van der Waals surface area (Å²) in [6.45, 7) is 9.14. The molecule has 2 aliphatic rings. The second-order valence-electron chi connectivity index (χ2n) is 12.4. The zero-order valence-electron chi connectivity index (χ0n) is 25.2. The van der Waals surface area contributed by atoms with E-state index in [1.807, 2.05) is 39.8 Å². The van der Waals surface area contributed by atoms with Crippen molar-refractivity contribution < 1.29 is 27.4 Å². The molecule has 1 aromatic carbocycles. The first-order valence-corrected chi connectivity index (χ1v) is 14.5. The van der Waals surface area contributed by atoms with Gasteiger partial charge in [-0.1, -0.05) is 11.6 Å². The number of hydrogen-bond donors (Lipinski definition) is 0. The van der Waals surface area contributed by atoms with Crippen LogP contribution in [0.3, 0.4) is 0 Å². The third-order valence-electron chi connectivity index (χ3n) is 7.82. The van der Waals surface area contributed by atoms with Gasteiger partial charge in [-0.2, -0.15) is 23.1 Å². The van der Waals surface area contributed by atoms with Gasteiger partial charge in [0.05, 0.1) is 27.3 Å². The zero-order chi connectivity index (χ0) is 31.3. The molecule has 1 aliphatic heterocycles. The number of aromatic nitrogens is 3. The van der Waals surface area contributed by atoms with Crippen LogP contribution in [0.5, 0.6) is 6.01 Å². The average Bonchev–Trinajstić information content (AvgIpc) is 3.71. The number of carbonyl (C=O) groups excluding carboxylic acids is 1. The number of pyridine rings is 1. The van der Waals surface area contributed by atoms with E-state index < -0.39 is 17.3 Å². The number of anilines is 1. The van der Waals surface area contributed by atoms with Crippen molar-refractivity contribution in [3.8, 4) is 17.3 Å². The summed E-state index contributed by atoms with van der Waals surface area (Å²) in [4.78, 5) is 32.0. The van der Waals surface area contributed by atoms with Crippen molar-refractivity contribution in [2.45, 2.75) is 57.9 Å². The van der Waals surface area contributed by atoms with E-state index in [0.29, 0.717) is 55.2 Å². The molecule has 5 rings (SSSR count). The van der Waals surface area contributed by atoms with Crippen LogP contribution in [-0.2, 0) is 10.9 Å². The highest BCUT2D eigenvalue weighted by atomic mass is 35.5. The first-order valence-electron chi connectivity index (χ1n) is 14.2. The van der Waals surface area contributed by atoms with Crippen LogP contribution in [0, 0.1) is 6.92 Å². The first kappa shape index (κ1) is 31.1. The van der Waals surface area contributed by atoms with Crippen molar-refractivity contribution in [2.24, 2.45) is 0 Å². The number of ether oxygens (including phenoxy) is 2. The lowest BCUT2D eigenvalue weighted by atomic mass is 10.0. The van der Waals surface area contributed by atoms with Crippen molar-refractivity contribution in [3.05, 3.63) is 40.5 Å². The maximum atomic E-state index is 14.0. The van der Waals surface area contributed by atoms with E-state index in [1.165, 1.54) is 12.1 Å². The molecule has 0 spiro atoms. The number of piperazine rings is 1. The number of amides is 1. The monoisotopic (exact) mass is 620 g/mol. The van der Waals surface area contributed by atoms with Gasteiger partial charge in [-0.25, -0.2) is 4.79 Å². The van der Waals surface area contributed by atoms with Gasteiger partial charge in [0.1, 0.15) is 18.0 Å². The van der Waals surface area contributed by atoms with Crippen LogP contribution in [0.1, 0.15) is 44.9 Å². The van der Waals surface area contributed by atoms with Crippen molar-refractivity contribution >= 4 is 34.4 Å². The zero-order valence-corrected chi connectivity index (χ0v) is 25.9. The minimum absolute atomic E-state index is 0.0894. The second-order valence-corrected chi connectivity index (χ2v) is 12.8. The molecule has 2 fully saturated rings. The molecule has 3 heterocycles. The normalized spacial score (nSPS) is 17.0. The number of carbonyl (C=O) groups is 1. The lowest BCUT2D eigenvalue weighted by Gasteiger charge is -2.36. The van der Waals surface area contributed by atoms with E-state index in [2.05, 4.69) is 14.9 Å². The van der Waals surface area contributed by atoms with Crippen LogP contribution in [0.4, 0.5) is 23.8 Å². The minimum atomic E-state index is -4.63. The number of halogens is 4. The highest BCUT2D eigenvalue weighted by Gasteiger charge is 2.46. The van der Waals surface area contributed by atoms with Gasteiger partial charge in [-0.05, 0) is 78.9 Å². The number of aryl methyl sites for hydroxylation is 1. The largest absolute Gasteiger partial charge is 0.461 e. The Morgan fingerprint density at radius 2 is 1.72 bits per heavy atom. The van der Waals surface area contributed by atoms with Gasteiger partial charge in [0.15, 0.2) is 0 Å². The Kier molecular flexibility index (Phi) is 8.14. The minimum Gasteiger partial charge on any atom is -0.461 e. The van der Waals surface area contributed by atoms with Gasteiger partial charge in [-0.3, -0.25) is 4.98 Å². The Morgan fingerprint density at radius 1 is 1.05 bits per heavy atom. The van der Waals surface area contributed by atoms with E-state index >= 15 is 0 Å². The summed E-state index contributed by atoms with van der Waals surface area (Å²) in [5.74, 6) is 0.528. The van der Waals surface area contributed by atoms with Gasteiger partial charge in [0, 0.05) is 42.8 Å². The summed E-state index contributed by atoms with van der Waals surface area (Å²) in [7, 11) is 3.99. The van der Waals surface area contributed by atoms with Gasteiger partial charge in [0.25, 0.3) is 0 Å². The average molecular weight is 621 g/mol. The van der Waals surface area contributed by atoms with Crippen LogP contribution in [0.2, 0.25) is 5.02 Å². The topological polar surface area (TPSA) is 83.9 Å². The molecule has 0 unspecified atom stereocenters. The molecule has 0 bridgehead atoms. The fraction of sp³-hybridized carbons (Fsp3) is 0.533. The summed E-state index contributed by atoms with van der Waals surface area (Å²) >= 11 is 6.67. The lowest BCUT2D eigenvalue weighted by molar-refractivity contribution is -0.137. The standard InChI is InChI=1S/C30H36ClF3N6O3/c1-18-7-8-21(30(32,33)34)24(35-18)19-16-23-20(15-22(19)31)25(37-26(36-23)42-17-29(9-10-29)38(5)6)39-11-13-40(14-12-39)27(41)43-28(2,3)4/h7-8,15-16H,9-14,17H2,1-6H3. The van der Waals surface area contributed by atoms with Gasteiger partial charge < -0.3 is 24.2 Å². The van der Waals surface area contributed by atoms with E-state index in [0.717, 1.165) is 18.9 Å². The third kappa shape index (κ3) is 6.75. The SMILES string of the molecule is Cc1ccc(C(F)(F)F)c(-c2cc3nc(OCC4(N(C)C)CC4)nc(N4CCN(C(=O)OC(C)(C)C)CC4)c3cc2Cl)n1. The fourth-order valence-corrected chi connectivity index (χ4v) is 5.33. The summed E-state index contributed by atoms with van der Waals surface area (Å²) in [5.41, 5.74) is -0.949. The number of rotatable bonds is 6. The number of nitrogens with zero attached hydrogens (tertiary/aromatic N) is 6. The number of likely N-dealkylation sites (N-methyl/N-ethyl adjacent to an activating group) is 1.